The van der Waals surface area contributed by atoms with Gasteiger partial charge in [0.25, 0.3) is 0 Å². The predicted octanol–water partition coefficient (Wildman–Crippen LogP) is 2.50. The van der Waals surface area contributed by atoms with E-state index < -0.39 is 5.82 Å². The molecule has 0 bridgehead atoms. The number of halogens is 1. The van der Waals surface area contributed by atoms with Gasteiger partial charge in [-0.25, -0.2) is 14.4 Å². The third-order valence-corrected chi connectivity index (χ3v) is 2.42. The summed E-state index contributed by atoms with van der Waals surface area (Å²) in [5.74, 6) is 0.784. The molecule has 18 heavy (non-hydrogen) atoms. The van der Waals surface area contributed by atoms with Crippen LogP contribution in [0.25, 0.3) is 11.3 Å². The molecule has 90 valence electrons. The van der Waals surface area contributed by atoms with Gasteiger partial charge in [0.2, 0.25) is 0 Å². The molecule has 0 fully saturated rings. The molecule has 0 spiro atoms. The fourth-order valence-corrected chi connectivity index (χ4v) is 1.65. The second-order valence-electron chi connectivity index (χ2n) is 3.78. The van der Waals surface area contributed by atoms with Crippen LogP contribution in [0.1, 0.15) is 11.4 Å². The summed E-state index contributed by atoms with van der Waals surface area (Å²) in [4.78, 5) is 8.40. The molecule has 0 unspecified atom stereocenters. The van der Waals surface area contributed by atoms with Crippen molar-refractivity contribution in [2.24, 2.45) is 0 Å². The largest absolute Gasteiger partial charge is 0.373 e. The summed E-state index contributed by atoms with van der Waals surface area (Å²) >= 11 is 0. The second kappa shape index (κ2) is 4.80. The highest BCUT2D eigenvalue weighted by Crippen LogP contribution is 2.22. The molecule has 1 N–H and O–H groups in total. The summed E-state index contributed by atoms with van der Waals surface area (Å²) in [6, 6.07) is 7.78. The van der Waals surface area contributed by atoms with Gasteiger partial charge in [0.15, 0.2) is 0 Å². The first-order valence-electron chi connectivity index (χ1n) is 5.37. The van der Waals surface area contributed by atoms with Crippen LogP contribution < -0.4 is 5.32 Å². The van der Waals surface area contributed by atoms with Crippen LogP contribution in [0.3, 0.4) is 0 Å². The van der Waals surface area contributed by atoms with Crippen molar-refractivity contribution in [1.82, 2.24) is 9.97 Å². The van der Waals surface area contributed by atoms with E-state index in [0.29, 0.717) is 22.9 Å². The Morgan fingerprint density at radius 2 is 2.00 bits per heavy atom. The minimum Gasteiger partial charge on any atom is -0.373 e. The Labute approximate surface area is 104 Å². The van der Waals surface area contributed by atoms with E-state index in [9.17, 15) is 4.39 Å². The lowest BCUT2D eigenvalue weighted by atomic mass is 10.1. The summed E-state index contributed by atoms with van der Waals surface area (Å²) in [5.41, 5.74) is 1.42. The Hall–Kier alpha value is -2.48. The Morgan fingerprint density at radius 1 is 1.22 bits per heavy atom. The maximum atomic E-state index is 13.4. The van der Waals surface area contributed by atoms with E-state index in [-0.39, 0.29) is 5.56 Å². The first kappa shape index (κ1) is 12.0. The molecule has 0 aliphatic carbocycles. The standard InChI is InChI=1S/C13H11FN4/c1-8-17-12(6-13(16-2)18-8)10-3-9(7-15)4-11(14)5-10/h3-6H,1-2H3,(H,16,17,18). The topological polar surface area (TPSA) is 61.6 Å². The van der Waals surface area contributed by atoms with Crippen molar-refractivity contribution in [3.05, 3.63) is 41.5 Å². The molecule has 2 rings (SSSR count). The van der Waals surface area contributed by atoms with E-state index in [0.717, 1.165) is 0 Å². The van der Waals surface area contributed by atoms with Crippen molar-refractivity contribution < 1.29 is 4.39 Å². The first-order valence-corrected chi connectivity index (χ1v) is 5.37. The van der Waals surface area contributed by atoms with Crippen molar-refractivity contribution in [1.29, 1.82) is 5.26 Å². The number of hydrogen-bond donors (Lipinski definition) is 1. The van der Waals surface area contributed by atoms with Crippen molar-refractivity contribution >= 4 is 5.82 Å². The van der Waals surface area contributed by atoms with Crippen molar-refractivity contribution in [3.63, 3.8) is 0 Å². The molecule has 1 aromatic carbocycles. The number of aromatic nitrogens is 2. The second-order valence-corrected chi connectivity index (χ2v) is 3.78. The normalized spacial score (nSPS) is 9.89. The van der Waals surface area contributed by atoms with Crippen LogP contribution in [-0.2, 0) is 0 Å². The molecule has 0 saturated carbocycles. The Kier molecular flexibility index (Phi) is 3.20. The van der Waals surface area contributed by atoms with Crippen molar-refractivity contribution in [3.8, 4) is 17.3 Å². The van der Waals surface area contributed by atoms with E-state index in [4.69, 9.17) is 5.26 Å². The highest BCUT2D eigenvalue weighted by Gasteiger charge is 2.07. The number of benzene rings is 1. The van der Waals surface area contributed by atoms with Gasteiger partial charge in [0.05, 0.1) is 17.3 Å². The smallest absolute Gasteiger partial charge is 0.130 e. The number of nitriles is 1. The third-order valence-electron chi connectivity index (χ3n) is 2.42. The predicted molar refractivity (Wildman–Crippen MR) is 66.4 cm³/mol. The summed E-state index contributed by atoms with van der Waals surface area (Å²) in [5, 5.41) is 11.7. The molecule has 0 atom stereocenters. The zero-order valence-electron chi connectivity index (χ0n) is 10.0. The third kappa shape index (κ3) is 2.43. The molecule has 0 aliphatic rings. The number of hydrogen-bond acceptors (Lipinski definition) is 4. The molecule has 0 aliphatic heterocycles. The van der Waals surface area contributed by atoms with Crippen LogP contribution in [0.4, 0.5) is 10.2 Å². The monoisotopic (exact) mass is 242 g/mol. The average molecular weight is 242 g/mol. The van der Waals surface area contributed by atoms with Gasteiger partial charge < -0.3 is 5.32 Å². The lowest BCUT2D eigenvalue weighted by Gasteiger charge is -2.06. The SMILES string of the molecule is CNc1cc(-c2cc(F)cc(C#N)c2)nc(C)n1. The highest BCUT2D eigenvalue weighted by molar-refractivity contribution is 5.64. The molecule has 0 saturated heterocycles. The van der Waals surface area contributed by atoms with Gasteiger partial charge in [-0.15, -0.1) is 0 Å². The summed E-state index contributed by atoms with van der Waals surface area (Å²) in [6.07, 6.45) is 0. The van der Waals surface area contributed by atoms with Crippen LogP contribution in [0.5, 0.6) is 0 Å². The minimum atomic E-state index is -0.452. The number of aryl methyl sites for hydroxylation is 1. The van der Waals surface area contributed by atoms with Gasteiger partial charge >= 0.3 is 0 Å². The number of anilines is 1. The average Bonchev–Trinajstić information content (AvgIpc) is 2.37. The molecular formula is C13H11FN4. The quantitative estimate of drug-likeness (QED) is 0.878. The summed E-state index contributed by atoms with van der Waals surface area (Å²) in [6.45, 7) is 1.76. The molecule has 5 heteroatoms. The summed E-state index contributed by atoms with van der Waals surface area (Å²) < 4.78 is 13.4. The van der Waals surface area contributed by atoms with Crippen LogP contribution in [0.2, 0.25) is 0 Å². The van der Waals surface area contributed by atoms with Gasteiger partial charge in [-0.05, 0) is 25.1 Å². The fourth-order valence-electron chi connectivity index (χ4n) is 1.65. The molecule has 0 amide bonds. The summed E-state index contributed by atoms with van der Waals surface area (Å²) in [7, 11) is 1.75. The van der Waals surface area contributed by atoms with E-state index in [1.54, 1.807) is 26.1 Å². The number of nitrogens with one attached hydrogen (secondary N) is 1. The van der Waals surface area contributed by atoms with Gasteiger partial charge in [-0.3, -0.25) is 0 Å². The molecule has 1 heterocycles. The molecule has 0 radical (unpaired) electrons. The maximum absolute atomic E-state index is 13.4. The van der Waals surface area contributed by atoms with Gasteiger partial charge in [0.1, 0.15) is 17.5 Å². The molecule has 1 aromatic heterocycles. The Morgan fingerprint density at radius 3 is 2.67 bits per heavy atom. The zero-order valence-corrected chi connectivity index (χ0v) is 10.0. The van der Waals surface area contributed by atoms with Crippen molar-refractivity contribution in [2.45, 2.75) is 6.92 Å². The fraction of sp³-hybridized carbons (Fsp3) is 0.154. The molecule has 2 aromatic rings. The van der Waals surface area contributed by atoms with Gasteiger partial charge in [0, 0.05) is 18.7 Å². The van der Waals surface area contributed by atoms with E-state index >= 15 is 0 Å². The van der Waals surface area contributed by atoms with E-state index in [1.807, 2.05) is 6.07 Å². The van der Waals surface area contributed by atoms with E-state index in [1.165, 1.54) is 12.1 Å². The van der Waals surface area contributed by atoms with Crippen molar-refractivity contribution in [2.75, 3.05) is 12.4 Å². The Bertz CT molecular complexity index is 631. The molecule has 4 nitrogen and oxygen atoms in total. The van der Waals surface area contributed by atoms with Crippen LogP contribution in [-0.4, -0.2) is 17.0 Å². The lowest BCUT2D eigenvalue weighted by Crippen LogP contribution is -1.98. The lowest BCUT2D eigenvalue weighted by molar-refractivity contribution is 0.628. The number of nitrogens with zero attached hydrogens (tertiary/aromatic N) is 3. The van der Waals surface area contributed by atoms with Crippen LogP contribution in [0.15, 0.2) is 24.3 Å². The zero-order chi connectivity index (χ0) is 13.1. The van der Waals surface area contributed by atoms with E-state index in [2.05, 4.69) is 15.3 Å². The minimum absolute atomic E-state index is 0.271. The van der Waals surface area contributed by atoms with Crippen LogP contribution in [0, 0.1) is 24.1 Å². The maximum Gasteiger partial charge on any atom is 0.130 e. The van der Waals surface area contributed by atoms with Gasteiger partial charge in [-0.2, -0.15) is 5.26 Å². The highest BCUT2D eigenvalue weighted by atomic mass is 19.1. The van der Waals surface area contributed by atoms with Crippen LogP contribution >= 0.6 is 0 Å². The first-order chi connectivity index (χ1) is 8.62. The number of rotatable bonds is 2. The van der Waals surface area contributed by atoms with Gasteiger partial charge in [-0.1, -0.05) is 0 Å². The Balaban J connectivity index is 2.58. The molecular weight excluding hydrogens is 231 g/mol.